The van der Waals surface area contributed by atoms with E-state index in [2.05, 4.69) is 12.2 Å². The molecule has 0 aliphatic heterocycles. The predicted molar refractivity (Wildman–Crippen MR) is 77.2 cm³/mol. The van der Waals surface area contributed by atoms with E-state index in [0.29, 0.717) is 0 Å². The molecule has 0 aromatic heterocycles. The standard InChI is InChI=1S/C15H24N2O/c1-5-7-10-17(6-2)15(18)13-11-12(3)8-9-14(13)16-4/h8-9,11,16H,5-7,10H2,1-4H3. The normalized spacial score (nSPS) is 10.2. The monoisotopic (exact) mass is 248 g/mol. The van der Waals surface area contributed by atoms with Gasteiger partial charge in [-0.25, -0.2) is 0 Å². The second-order valence-corrected chi connectivity index (χ2v) is 4.54. The van der Waals surface area contributed by atoms with Gasteiger partial charge in [-0.05, 0) is 32.4 Å². The van der Waals surface area contributed by atoms with Crippen molar-refractivity contribution in [1.29, 1.82) is 0 Å². The minimum Gasteiger partial charge on any atom is -0.387 e. The Labute approximate surface area is 110 Å². The molecule has 1 N–H and O–H groups in total. The van der Waals surface area contributed by atoms with E-state index in [1.807, 2.05) is 44.0 Å². The van der Waals surface area contributed by atoms with Crippen molar-refractivity contribution >= 4 is 11.6 Å². The molecule has 0 aliphatic carbocycles. The van der Waals surface area contributed by atoms with Crippen molar-refractivity contribution < 1.29 is 4.79 Å². The fraction of sp³-hybridized carbons (Fsp3) is 0.533. The van der Waals surface area contributed by atoms with E-state index >= 15 is 0 Å². The van der Waals surface area contributed by atoms with Crippen LogP contribution in [-0.4, -0.2) is 30.9 Å². The highest BCUT2D eigenvalue weighted by Gasteiger charge is 2.16. The number of nitrogens with one attached hydrogen (secondary N) is 1. The lowest BCUT2D eigenvalue weighted by atomic mass is 10.1. The zero-order valence-electron chi connectivity index (χ0n) is 11.9. The first-order chi connectivity index (χ1) is 8.63. The molecule has 1 aromatic carbocycles. The van der Waals surface area contributed by atoms with Crippen molar-refractivity contribution in [2.24, 2.45) is 0 Å². The van der Waals surface area contributed by atoms with Crippen molar-refractivity contribution in [2.75, 3.05) is 25.5 Å². The fourth-order valence-corrected chi connectivity index (χ4v) is 1.98. The third-order valence-electron chi connectivity index (χ3n) is 3.13. The molecule has 1 amide bonds. The van der Waals surface area contributed by atoms with Crippen LogP contribution in [0.3, 0.4) is 0 Å². The molecule has 18 heavy (non-hydrogen) atoms. The molecule has 3 heteroatoms. The number of amides is 1. The molecule has 3 nitrogen and oxygen atoms in total. The molecule has 0 fully saturated rings. The van der Waals surface area contributed by atoms with Gasteiger partial charge >= 0.3 is 0 Å². The van der Waals surface area contributed by atoms with Crippen LogP contribution in [0.5, 0.6) is 0 Å². The number of anilines is 1. The lowest BCUT2D eigenvalue weighted by Gasteiger charge is -2.22. The summed E-state index contributed by atoms with van der Waals surface area (Å²) in [7, 11) is 1.85. The van der Waals surface area contributed by atoms with Crippen LogP contribution >= 0.6 is 0 Å². The molecule has 0 aliphatic rings. The van der Waals surface area contributed by atoms with E-state index in [-0.39, 0.29) is 5.91 Å². The molecule has 0 bridgehead atoms. The van der Waals surface area contributed by atoms with E-state index in [4.69, 9.17) is 0 Å². The van der Waals surface area contributed by atoms with Crippen molar-refractivity contribution in [3.8, 4) is 0 Å². The van der Waals surface area contributed by atoms with Crippen LogP contribution in [0.2, 0.25) is 0 Å². The van der Waals surface area contributed by atoms with Gasteiger partial charge in [-0.3, -0.25) is 4.79 Å². The summed E-state index contributed by atoms with van der Waals surface area (Å²) in [5, 5.41) is 3.09. The summed E-state index contributed by atoms with van der Waals surface area (Å²) in [6.07, 6.45) is 2.16. The molecule has 100 valence electrons. The van der Waals surface area contributed by atoms with Gasteiger partial charge in [-0.15, -0.1) is 0 Å². The first kappa shape index (κ1) is 14.6. The Morgan fingerprint density at radius 2 is 2.06 bits per heavy atom. The smallest absolute Gasteiger partial charge is 0.255 e. The number of carbonyl (C=O) groups excluding carboxylic acids is 1. The highest BCUT2D eigenvalue weighted by atomic mass is 16.2. The van der Waals surface area contributed by atoms with Gasteiger partial charge in [0, 0.05) is 25.8 Å². The second-order valence-electron chi connectivity index (χ2n) is 4.54. The number of carbonyl (C=O) groups is 1. The van der Waals surface area contributed by atoms with E-state index in [1.165, 1.54) is 0 Å². The van der Waals surface area contributed by atoms with Crippen LogP contribution in [0.4, 0.5) is 5.69 Å². The average Bonchev–Trinajstić information content (AvgIpc) is 2.39. The SMILES string of the molecule is CCCCN(CC)C(=O)c1cc(C)ccc1NC. The fourth-order valence-electron chi connectivity index (χ4n) is 1.98. The topological polar surface area (TPSA) is 32.3 Å². The van der Waals surface area contributed by atoms with Gasteiger partial charge in [0.2, 0.25) is 0 Å². The lowest BCUT2D eigenvalue weighted by Crippen LogP contribution is -2.32. The molecular weight excluding hydrogens is 224 g/mol. The third-order valence-corrected chi connectivity index (χ3v) is 3.13. The maximum atomic E-state index is 12.5. The molecule has 1 aromatic rings. The zero-order valence-corrected chi connectivity index (χ0v) is 11.9. The maximum absolute atomic E-state index is 12.5. The van der Waals surface area contributed by atoms with Crippen molar-refractivity contribution in [2.45, 2.75) is 33.6 Å². The molecule has 0 saturated heterocycles. The molecule has 1 rings (SSSR count). The summed E-state index contributed by atoms with van der Waals surface area (Å²) in [5.74, 6) is 0.124. The number of nitrogens with zero attached hydrogens (tertiary/aromatic N) is 1. The van der Waals surface area contributed by atoms with Gasteiger partial charge in [0.15, 0.2) is 0 Å². The predicted octanol–water partition coefficient (Wildman–Crippen LogP) is 3.30. The third kappa shape index (κ3) is 3.49. The Hall–Kier alpha value is -1.51. The number of aryl methyl sites for hydroxylation is 1. The lowest BCUT2D eigenvalue weighted by molar-refractivity contribution is 0.0763. The summed E-state index contributed by atoms with van der Waals surface area (Å²) in [6.45, 7) is 7.78. The summed E-state index contributed by atoms with van der Waals surface area (Å²) in [4.78, 5) is 14.4. The van der Waals surface area contributed by atoms with E-state index in [1.54, 1.807) is 0 Å². The Kier molecular flexibility index (Phi) is 5.69. The zero-order chi connectivity index (χ0) is 13.5. The first-order valence-corrected chi connectivity index (χ1v) is 6.71. The molecule has 0 radical (unpaired) electrons. The van der Waals surface area contributed by atoms with Crippen molar-refractivity contribution in [3.63, 3.8) is 0 Å². The number of rotatable bonds is 6. The maximum Gasteiger partial charge on any atom is 0.255 e. The van der Waals surface area contributed by atoms with Gasteiger partial charge in [-0.1, -0.05) is 25.0 Å². The van der Waals surface area contributed by atoms with Crippen LogP contribution in [0, 0.1) is 6.92 Å². The molecule has 0 heterocycles. The summed E-state index contributed by atoms with van der Waals surface area (Å²) in [6, 6.07) is 5.95. The molecule has 0 atom stereocenters. The average molecular weight is 248 g/mol. The number of unbranched alkanes of at least 4 members (excludes halogenated alkanes) is 1. The van der Waals surface area contributed by atoms with Crippen LogP contribution < -0.4 is 5.32 Å². The quantitative estimate of drug-likeness (QED) is 0.837. The highest BCUT2D eigenvalue weighted by Crippen LogP contribution is 2.19. The highest BCUT2D eigenvalue weighted by molar-refractivity contribution is 5.99. The first-order valence-electron chi connectivity index (χ1n) is 6.71. The van der Waals surface area contributed by atoms with Gasteiger partial charge < -0.3 is 10.2 Å². The second kappa shape index (κ2) is 7.04. The molecular formula is C15H24N2O. The van der Waals surface area contributed by atoms with E-state index in [0.717, 1.165) is 42.7 Å². The van der Waals surface area contributed by atoms with Gasteiger partial charge in [0.25, 0.3) is 5.91 Å². The minimum atomic E-state index is 0.124. The number of benzene rings is 1. The number of hydrogen-bond acceptors (Lipinski definition) is 2. The van der Waals surface area contributed by atoms with Crippen molar-refractivity contribution in [3.05, 3.63) is 29.3 Å². The minimum absolute atomic E-state index is 0.124. The Bertz CT molecular complexity index is 401. The van der Waals surface area contributed by atoms with Crippen LogP contribution in [0.1, 0.15) is 42.6 Å². The van der Waals surface area contributed by atoms with Crippen molar-refractivity contribution in [1.82, 2.24) is 4.90 Å². The van der Waals surface area contributed by atoms with Gasteiger partial charge in [0.05, 0.1) is 5.56 Å². The summed E-state index contributed by atoms with van der Waals surface area (Å²) < 4.78 is 0. The Morgan fingerprint density at radius 1 is 1.33 bits per heavy atom. The summed E-state index contributed by atoms with van der Waals surface area (Å²) >= 11 is 0. The van der Waals surface area contributed by atoms with Crippen LogP contribution in [0.25, 0.3) is 0 Å². The van der Waals surface area contributed by atoms with Crippen LogP contribution in [0.15, 0.2) is 18.2 Å². The van der Waals surface area contributed by atoms with E-state index in [9.17, 15) is 4.79 Å². The van der Waals surface area contributed by atoms with E-state index < -0.39 is 0 Å². The van der Waals surface area contributed by atoms with Gasteiger partial charge in [0.1, 0.15) is 0 Å². The largest absolute Gasteiger partial charge is 0.387 e. The Morgan fingerprint density at radius 3 is 2.61 bits per heavy atom. The summed E-state index contributed by atoms with van der Waals surface area (Å²) in [5.41, 5.74) is 2.79. The molecule has 0 spiro atoms. The van der Waals surface area contributed by atoms with Crippen LogP contribution in [-0.2, 0) is 0 Å². The molecule has 0 unspecified atom stereocenters. The van der Waals surface area contributed by atoms with Gasteiger partial charge in [-0.2, -0.15) is 0 Å². The number of hydrogen-bond donors (Lipinski definition) is 1. The Balaban J connectivity index is 2.96. The molecule has 0 saturated carbocycles.